The summed E-state index contributed by atoms with van der Waals surface area (Å²) >= 11 is 0. The molecule has 0 saturated heterocycles. The van der Waals surface area contributed by atoms with E-state index in [0.717, 1.165) is 24.2 Å². The minimum atomic E-state index is -0.391. The summed E-state index contributed by atoms with van der Waals surface area (Å²) in [5.41, 5.74) is -0.0576. The molecule has 4 bridgehead atoms. The number of fused-ring (bicyclic) bond motifs is 1. The molecule has 0 aromatic carbocycles. The SMILES string of the molecule is C[C@@H]1CCC2(O)C(C)(C)C3CC[C@@]2(C)[C@H]1C3. The molecular weight excluding hydrogens is 196 g/mol. The van der Waals surface area contributed by atoms with Gasteiger partial charge in [0.1, 0.15) is 0 Å². The molecule has 4 aliphatic rings. The van der Waals surface area contributed by atoms with Gasteiger partial charge in [0.15, 0.2) is 0 Å². The van der Waals surface area contributed by atoms with Gasteiger partial charge < -0.3 is 5.11 Å². The first-order chi connectivity index (χ1) is 7.33. The fourth-order valence-electron chi connectivity index (χ4n) is 5.69. The summed E-state index contributed by atoms with van der Waals surface area (Å²) in [5.74, 6) is 2.36. The third-order valence-corrected chi connectivity index (χ3v) is 7.05. The maximum Gasteiger partial charge on any atom is 0.0757 e. The predicted molar refractivity (Wildman–Crippen MR) is 66.1 cm³/mol. The van der Waals surface area contributed by atoms with E-state index < -0.39 is 5.60 Å². The fourth-order valence-corrected chi connectivity index (χ4v) is 5.69. The van der Waals surface area contributed by atoms with E-state index in [0.29, 0.717) is 0 Å². The van der Waals surface area contributed by atoms with Gasteiger partial charge in [0.05, 0.1) is 5.60 Å². The lowest BCUT2D eigenvalue weighted by Crippen LogP contribution is -2.71. The van der Waals surface area contributed by atoms with Gasteiger partial charge >= 0.3 is 0 Å². The predicted octanol–water partition coefficient (Wildman–Crippen LogP) is 3.61. The topological polar surface area (TPSA) is 20.2 Å². The molecule has 4 saturated carbocycles. The highest BCUT2D eigenvalue weighted by Crippen LogP contribution is 2.71. The monoisotopic (exact) mass is 222 g/mol. The van der Waals surface area contributed by atoms with Gasteiger partial charge in [0, 0.05) is 0 Å². The van der Waals surface area contributed by atoms with Crippen LogP contribution in [0.2, 0.25) is 0 Å². The van der Waals surface area contributed by atoms with Gasteiger partial charge in [-0.1, -0.05) is 27.7 Å². The van der Waals surface area contributed by atoms with Crippen LogP contribution in [0.3, 0.4) is 0 Å². The fraction of sp³-hybridized carbons (Fsp3) is 1.00. The third kappa shape index (κ3) is 0.939. The summed E-state index contributed by atoms with van der Waals surface area (Å²) in [4.78, 5) is 0. The Bertz CT molecular complexity index is 321. The molecule has 0 heterocycles. The Kier molecular flexibility index (Phi) is 1.98. The normalized spacial score (nSPS) is 58.7. The van der Waals surface area contributed by atoms with Crippen LogP contribution >= 0.6 is 0 Å². The van der Waals surface area contributed by atoms with E-state index in [2.05, 4.69) is 27.7 Å². The van der Waals surface area contributed by atoms with Gasteiger partial charge in [-0.15, -0.1) is 0 Å². The lowest BCUT2D eigenvalue weighted by Gasteiger charge is -2.71. The zero-order valence-corrected chi connectivity index (χ0v) is 11.2. The molecule has 0 aromatic rings. The highest BCUT2D eigenvalue weighted by Gasteiger charge is 2.69. The van der Waals surface area contributed by atoms with Gasteiger partial charge in [-0.3, -0.25) is 0 Å². The molecule has 2 unspecified atom stereocenters. The summed E-state index contributed by atoms with van der Waals surface area (Å²) in [6, 6.07) is 0. The average molecular weight is 222 g/mol. The Labute approximate surface area is 99.6 Å². The summed E-state index contributed by atoms with van der Waals surface area (Å²) in [6.07, 6.45) is 6.23. The minimum absolute atomic E-state index is 0.136. The van der Waals surface area contributed by atoms with Crippen molar-refractivity contribution >= 4 is 0 Å². The van der Waals surface area contributed by atoms with Crippen LogP contribution in [0.15, 0.2) is 0 Å². The van der Waals surface area contributed by atoms with Gasteiger partial charge in [0.2, 0.25) is 0 Å². The number of hydrogen-bond donors (Lipinski definition) is 1. The first kappa shape index (κ1) is 11.1. The molecule has 0 radical (unpaired) electrons. The first-order valence-electron chi connectivity index (χ1n) is 7.05. The molecule has 0 aromatic heterocycles. The van der Waals surface area contributed by atoms with E-state index in [1.807, 2.05) is 0 Å². The number of rotatable bonds is 0. The lowest BCUT2D eigenvalue weighted by molar-refractivity contribution is -0.291. The average Bonchev–Trinajstić information content (AvgIpc) is 2.22. The van der Waals surface area contributed by atoms with Crippen LogP contribution in [-0.2, 0) is 0 Å². The molecule has 4 fully saturated rings. The van der Waals surface area contributed by atoms with Crippen molar-refractivity contribution in [2.75, 3.05) is 0 Å². The van der Waals surface area contributed by atoms with Crippen molar-refractivity contribution < 1.29 is 5.11 Å². The van der Waals surface area contributed by atoms with Crippen molar-refractivity contribution in [3.63, 3.8) is 0 Å². The van der Waals surface area contributed by atoms with Crippen LogP contribution in [-0.4, -0.2) is 10.7 Å². The zero-order valence-electron chi connectivity index (χ0n) is 11.2. The van der Waals surface area contributed by atoms with Crippen LogP contribution in [0, 0.1) is 28.6 Å². The molecule has 0 amide bonds. The van der Waals surface area contributed by atoms with Crippen molar-refractivity contribution in [3.8, 4) is 0 Å². The van der Waals surface area contributed by atoms with Gasteiger partial charge in [-0.05, 0) is 60.7 Å². The van der Waals surface area contributed by atoms with E-state index in [4.69, 9.17) is 0 Å². The van der Waals surface area contributed by atoms with Crippen molar-refractivity contribution in [1.29, 1.82) is 0 Å². The Morgan fingerprint density at radius 2 is 1.75 bits per heavy atom. The largest absolute Gasteiger partial charge is 0.389 e. The quantitative estimate of drug-likeness (QED) is 0.664. The summed E-state index contributed by atoms with van der Waals surface area (Å²) in [6.45, 7) is 9.43. The molecule has 92 valence electrons. The maximum atomic E-state index is 11.3. The molecule has 16 heavy (non-hydrogen) atoms. The van der Waals surface area contributed by atoms with Crippen molar-refractivity contribution in [2.24, 2.45) is 28.6 Å². The summed E-state index contributed by atoms with van der Waals surface area (Å²) in [5, 5.41) is 11.3. The molecule has 0 spiro atoms. The summed E-state index contributed by atoms with van der Waals surface area (Å²) in [7, 11) is 0. The lowest BCUT2D eigenvalue weighted by atomic mass is 9.35. The molecule has 4 rings (SSSR count). The molecule has 0 aliphatic heterocycles. The van der Waals surface area contributed by atoms with Crippen molar-refractivity contribution in [3.05, 3.63) is 0 Å². The summed E-state index contributed by atoms with van der Waals surface area (Å²) < 4.78 is 0. The smallest absolute Gasteiger partial charge is 0.0757 e. The third-order valence-electron chi connectivity index (χ3n) is 7.05. The second-order valence-corrected chi connectivity index (χ2v) is 7.59. The highest BCUT2D eigenvalue weighted by atomic mass is 16.3. The van der Waals surface area contributed by atoms with E-state index in [9.17, 15) is 5.11 Å². The van der Waals surface area contributed by atoms with Crippen LogP contribution in [0.4, 0.5) is 0 Å². The Balaban J connectivity index is 2.13. The van der Waals surface area contributed by atoms with Gasteiger partial charge in [0.25, 0.3) is 0 Å². The molecule has 1 nitrogen and oxygen atoms in total. The molecule has 1 N–H and O–H groups in total. The van der Waals surface area contributed by atoms with Crippen LogP contribution in [0.25, 0.3) is 0 Å². The molecular formula is C15H26O. The van der Waals surface area contributed by atoms with Gasteiger partial charge in [-0.2, -0.15) is 0 Å². The zero-order chi connectivity index (χ0) is 11.8. The van der Waals surface area contributed by atoms with E-state index >= 15 is 0 Å². The van der Waals surface area contributed by atoms with E-state index in [-0.39, 0.29) is 10.8 Å². The highest BCUT2D eigenvalue weighted by molar-refractivity contribution is 5.19. The maximum absolute atomic E-state index is 11.3. The minimum Gasteiger partial charge on any atom is -0.389 e. The standard InChI is InChI=1S/C15H26O/c1-10-5-8-15(16)13(2,3)11-6-7-14(15,4)12(10)9-11/h10-12,16H,5-9H2,1-4H3/t10-,11?,12+,14+,15?/m1/s1. The Hall–Kier alpha value is -0.0400. The van der Waals surface area contributed by atoms with Gasteiger partial charge in [-0.25, -0.2) is 0 Å². The number of hydrogen-bond acceptors (Lipinski definition) is 1. The van der Waals surface area contributed by atoms with E-state index in [1.165, 1.54) is 25.7 Å². The number of aliphatic hydroxyl groups is 1. The van der Waals surface area contributed by atoms with Crippen molar-refractivity contribution in [2.45, 2.75) is 65.4 Å². The van der Waals surface area contributed by atoms with Crippen LogP contribution in [0.1, 0.15) is 59.8 Å². The van der Waals surface area contributed by atoms with Crippen molar-refractivity contribution in [1.82, 2.24) is 0 Å². The van der Waals surface area contributed by atoms with Crippen LogP contribution in [0.5, 0.6) is 0 Å². The molecule has 1 heteroatoms. The Morgan fingerprint density at radius 3 is 2.44 bits per heavy atom. The molecule has 4 aliphatic carbocycles. The first-order valence-corrected chi connectivity index (χ1v) is 7.05. The Morgan fingerprint density at radius 1 is 1.06 bits per heavy atom. The van der Waals surface area contributed by atoms with Crippen LogP contribution < -0.4 is 0 Å². The second kappa shape index (κ2) is 2.85. The second-order valence-electron chi connectivity index (χ2n) is 7.59. The molecule has 5 atom stereocenters. The van der Waals surface area contributed by atoms with E-state index in [1.54, 1.807) is 0 Å².